The molecule has 0 bridgehead atoms. The molecule has 1 amide bonds. The van der Waals surface area contributed by atoms with Crippen molar-refractivity contribution in [3.63, 3.8) is 0 Å². The first-order valence-corrected chi connectivity index (χ1v) is 18.4. The minimum Gasteiger partial charge on any atom is -0.508 e. The van der Waals surface area contributed by atoms with E-state index in [0.29, 0.717) is 48.4 Å². The van der Waals surface area contributed by atoms with E-state index in [2.05, 4.69) is 5.32 Å². The number of amides is 1. The molecule has 4 aromatic carbocycles. The van der Waals surface area contributed by atoms with Crippen molar-refractivity contribution < 1.29 is 63.3 Å². The lowest BCUT2D eigenvalue weighted by atomic mass is 10.1. The maximum Gasteiger partial charge on any atom is 0.239 e. The van der Waals surface area contributed by atoms with Gasteiger partial charge in [0.15, 0.2) is 51.8 Å². The second-order valence-corrected chi connectivity index (χ2v) is 13.1. The van der Waals surface area contributed by atoms with Crippen LogP contribution in [0, 0.1) is 0 Å². The Morgan fingerprint density at radius 2 is 1.34 bits per heavy atom. The minimum atomic E-state index is -0.704. The largest absolute Gasteiger partial charge is 0.508 e. The fourth-order valence-electron chi connectivity index (χ4n) is 5.76. The molecule has 0 unspecified atom stereocenters. The molecule has 308 valence electrons. The number of nitrogens with one attached hydrogen (secondary N) is 1. The number of aromatic hydroxyl groups is 5. The minimum absolute atomic E-state index is 0.0245. The van der Waals surface area contributed by atoms with Crippen LogP contribution in [0.1, 0.15) is 43.2 Å². The van der Waals surface area contributed by atoms with Gasteiger partial charge in [0.1, 0.15) is 22.5 Å². The summed E-state index contributed by atoms with van der Waals surface area (Å²) in [4.78, 5) is 50.6. The number of carbonyl (C=O) groups excluding carboxylic acids is 3. The van der Waals surface area contributed by atoms with Crippen molar-refractivity contribution in [1.29, 1.82) is 0 Å². The van der Waals surface area contributed by atoms with Gasteiger partial charge in [-0.2, -0.15) is 0 Å². The van der Waals surface area contributed by atoms with Gasteiger partial charge in [0.2, 0.25) is 17.1 Å². The molecular formula is C44H43NO14. The van der Waals surface area contributed by atoms with Gasteiger partial charge >= 0.3 is 0 Å². The summed E-state index contributed by atoms with van der Waals surface area (Å²) >= 11 is 0. The van der Waals surface area contributed by atoms with Crippen LogP contribution in [0.2, 0.25) is 0 Å². The van der Waals surface area contributed by atoms with Crippen molar-refractivity contribution in [2.45, 2.75) is 32.1 Å². The summed E-state index contributed by atoms with van der Waals surface area (Å²) < 4.78 is 27.9. The summed E-state index contributed by atoms with van der Waals surface area (Å²) in [6.45, 7) is 0.599. The number of methoxy groups -OCH3 is 2. The second-order valence-electron chi connectivity index (χ2n) is 13.1. The lowest BCUT2D eigenvalue weighted by molar-refractivity contribution is -0.122. The summed E-state index contributed by atoms with van der Waals surface area (Å²) in [6, 6.07) is 15.7. The summed E-state index contributed by atoms with van der Waals surface area (Å²) in [5.41, 5.74) is 0.659. The smallest absolute Gasteiger partial charge is 0.239 e. The summed E-state index contributed by atoms with van der Waals surface area (Å²) in [6.07, 6.45) is 6.90. The lowest BCUT2D eigenvalue weighted by Crippen LogP contribution is -2.25. The van der Waals surface area contributed by atoms with E-state index < -0.39 is 28.5 Å². The van der Waals surface area contributed by atoms with Crippen LogP contribution in [0.15, 0.2) is 88.1 Å². The van der Waals surface area contributed by atoms with E-state index in [-0.39, 0.29) is 83.0 Å². The third kappa shape index (κ3) is 11.6. The first-order valence-electron chi connectivity index (χ1n) is 18.4. The number of allylic oxidation sites excluding steroid dienone is 2. The molecule has 0 aliphatic carbocycles. The van der Waals surface area contributed by atoms with E-state index in [1.807, 2.05) is 0 Å². The quantitative estimate of drug-likeness (QED) is 0.0216. The SMILES string of the molecule is COc1cc(/C=C/C(=O)CC(=O)/C=C/c2ccc(OCCCC(=O)NCCCCOc3c(-c4ccc(O)c(O)c4)oc4cc(O)cc(O)c4c3=O)c(OC)c2)ccc1O. The highest BCUT2D eigenvalue weighted by Crippen LogP contribution is 2.38. The van der Waals surface area contributed by atoms with Crippen LogP contribution in [0.25, 0.3) is 34.4 Å². The Kier molecular flexibility index (Phi) is 14.6. The molecule has 0 aliphatic rings. The van der Waals surface area contributed by atoms with E-state index in [9.17, 15) is 44.7 Å². The maximum absolute atomic E-state index is 13.4. The predicted octanol–water partition coefficient (Wildman–Crippen LogP) is 6.39. The Bertz CT molecular complexity index is 2450. The van der Waals surface area contributed by atoms with Crippen LogP contribution in [-0.4, -0.2) is 77.0 Å². The Balaban J connectivity index is 1.03. The summed E-state index contributed by atoms with van der Waals surface area (Å²) in [7, 11) is 2.89. The topological polar surface area (TPSA) is 232 Å². The van der Waals surface area contributed by atoms with Crippen molar-refractivity contribution in [3.05, 3.63) is 100 Å². The van der Waals surface area contributed by atoms with Crippen LogP contribution >= 0.6 is 0 Å². The van der Waals surface area contributed by atoms with Gasteiger partial charge in [0.25, 0.3) is 0 Å². The molecule has 0 spiro atoms. The molecule has 5 aromatic rings. The number of rotatable bonds is 20. The number of ketones is 2. The molecule has 15 nitrogen and oxygen atoms in total. The Hall–Kier alpha value is -7.42. The molecule has 59 heavy (non-hydrogen) atoms. The molecule has 0 radical (unpaired) electrons. The predicted molar refractivity (Wildman–Crippen MR) is 217 cm³/mol. The summed E-state index contributed by atoms with van der Waals surface area (Å²) in [5, 5.41) is 52.3. The number of hydrogen-bond donors (Lipinski definition) is 6. The van der Waals surface area contributed by atoms with Gasteiger partial charge in [0.05, 0.1) is 33.9 Å². The molecule has 0 fully saturated rings. The highest BCUT2D eigenvalue weighted by Gasteiger charge is 2.22. The summed E-state index contributed by atoms with van der Waals surface area (Å²) in [5.74, 6) is -1.87. The molecule has 0 saturated carbocycles. The van der Waals surface area contributed by atoms with Gasteiger partial charge in [-0.15, -0.1) is 0 Å². The first-order chi connectivity index (χ1) is 28.4. The Labute approximate surface area is 338 Å². The van der Waals surface area contributed by atoms with E-state index in [4.69, 9.17) is 23.4 Å². The van der Waals surface area contributed by atoms with Crippen LogP contribution in [-0.2, 0) is 14.4 Å². The van der Waals surface area contributed by atoms with E-state index in [1.54, 1.807) is 36.4 Å². The molecule has 6 N–H and O–H groups in total. The van der Waals surface area contributed by atoms with Crippen LogP contribution in [0.5, 0.6) is 51.7 Å². The number of fused-ring (bicyclic) bond motifs is 1. The van der Waals surface area contributed by atoms with Crippen molar-refractivity contribution in [3.8, 4) is 63.1 Å². The maximum atomic E-state index is 13.4. The lowest BCUT2D eigenvalue weighted by Gasteiger charge is -2.13. The zero-order valence-corrected chi connectivity index (χ0v) is 32.2. The zero-order valence-electron chi connectivity index (χ0n) is 32.2. The fraction of sp³-hybridized carbons (Fsp3) is 0.227. The van der Waals surface area contributed by atoms with Crippen molar-refractivity contribution >= 4 is 40.6 Å². The highest BCUT2D eigenvalue weighted by atomic mass is 16.5. The van der Waals surface area contributed by atoms with Gasteiger partial charge in [-0.1, -0.05) is 24.3 Å². The van der Waals surface area contributed by atoms with Gasteiger partial charge in [-0.25, -0.2) is 0 Å². The van der Waals surface area contributed by atoms with Gasteiger partial charge in [-0.3, -0.25) is 19.2 Å². The molecule has 0 saturated heterocycles. The molecular weight excluding hydrogens is 766 g/mol. The Morgan fingerprint density at radius 3 is 2.03 bits per heavy atom. The average molecular weight is 810 g/mol. The zero-order chi connectivity index (χ0) is 42.5. The average Bonchev–Trinajstić information content (AvgIpc) is 3.21. The molecule has 0 aliphatic heterocycles. The standard InChI is InChI=1S/C44H43NO14/c1-55-37-20-26(9-14-33(37)50)7-12-29(46)23-30(47)13-8-27-10-16-36(38(21-27)56-2)57-19-5-6-40(53)45-17-3-4-18-58-44-42(54)41-35(52)24-31(48)25-39(41)59-43(44)28-11-15-32(49)34(51)22-28/h7-16,20-22,24-25,48-52H,3-6,17-19,23H2,1-2H3,(H,45,53)/b12-7+,13-8+. The van der Waals surface area contributed by atoms with Crippen molar-refractivity contribution in [1.82, 2.24) is 5.32 Å². The third-order valence-corrected chi connectivity index (χ3v) is 8.76. The highest BCUT2D eigenvalue weighted by molar-refractivity contribution is 6.11. The van der Waals surface area contributed by atoms with E-state index in [1.165, 1.54) is 56.7 Å². The van der Waals surface area contributed by atoms with E-state index in [0.717, 1.165) is 12.1 Å². The number of benzene rings is 4. The number of phenolic OH excluding ortho intramolecular Hbond substituents is 5. The van der Waals surface area contributed by atoms with Gasteiger partial charge in [0, 0.05) is 30.7 Å². The third-order valence-electron chi connectivity index (χ3n) is 8.76. The van der Waals surface area contributed by atoms with Crippen molar-refractivity contribution in [2.75, 3.05) is 34.0 Å². The van der Waals surface area contributed by atoms with Gasteiger partial charge < -0.3 is 54.2 Å². The van der Waals surface area contributed by atoms with Crippen LogP contribution < -0.4 is 29.7 Å². The monoisotopic (exact) mass is 809 g/mol. The Morgan fingerprint density at radius 1 is 0.678 bits per heavy atom. The number of unbranched alkanes of at least 4 members (excludes halogenated alkanes) is 1. The molecule has 15 heteroatoms. The number of hydrogen-bond acceptors (Lipinski definition) is 14. The van der Waals surface area contributed by atoms with Crippen LogP contribution in [0.3, 0.4) is 0 Å². The second kappa shape index (κ2) is 20.1. The molecule has 1 heterocycles. The van der Waals surface area contributed by atoms with E-state index >= 15 is 0 Å². The first kappa shape index (κ1) is 42.7. The molecule has 0 atom stereocenters. The number of phenols is 5. The normalized spacial score (nSPS) is 11.2. The number of carbonyl (C=O) groups is 3. The molecule has 1 aromatic heterocycles. The number of ether oxygens (including phenoxy) is 4. The van der Waals surface area contributed by atoms with Gasteiger partial charge in [-0.05, 0) is 85.0 Å². The van der Waals surface area contributed by atoms with Crippen LogP contribution in [0.4, 0.5) is 0 Å². The van der Waals surface area contributed by atoms with Crippen molar-refractivity contribution in [2.24, 2.45) is 0 Å². The molecule has 5 rings (SSSR count). The fourth-order valence-corrected chi connectivity index (χ4v) is 5.76.